The molecule has 0 radical (unpaired) electrons. The first kappa shape index (κ1) is 14.4. The summed E-state index contributed by atoms with van der Waals surface area (Å²) in [4.78, 5) is 2.59. The number of nitrogens with two attached hydrogens (primary N) is 1. The Kier molecular flexibility index (Phi) is 5.23. The first-order valence-corrected chi connectivity index (χ1v) is 7.35. The minimum Gasteiger partial charge on any atom is -0.496 e. The van der Waals surface area contributed by atoms with E-state index in [0.29, 0.717) is 6.04 Å². The summed E-state index contributed by atoms with van der Waals surface area (Å²) >= 11 is 0. The van der Waals surface area contributed by atoms with E-state index < -0.39 is 0 Å². The van der Waals surface area contributed by atoms with Crippen LogP contribution in [0.2, 0.25) is 0 Å². The molecule has 0 aliphatic carbocycles. The van der Waals surface area contributed by atoms with Gasteiger partial charge in [-0.05, 0) is 63.0 Å². The van der Waals surface area contributed by atoms with Crippen molar-refractivity contribution in [3.8, 4) is 5.75 Å². The van der Waals surface area contributed by atoms with Gasteiger partial charge in [0, 0.05) is 6.04 Å². The zero-order valence-corrected chi connectivity index (χ0v) is 12.2. The first-order valence-electron chi connectivity index (χ1n) is 7.35. The molecule has 106 valence electrons. The van der Waals surface area contributed by atoms with E-state index in [4.69, 9.17) is 10.5 Å². The summed E-state index contributed by atoms with van der Waals surface area (Å²) in [6, 6.07) is 7.00. The van der Waals surface area contributed by atoms with Gasteiger partial charge in [-0.3, -0.25) is 4.90 Å². The molecule has 2 rings (SSSR count). The topological polar surface area (TPSA) is 38.5 Å². The third-order valence-corrected chi connectivity index (χ3v) is 4.08. The quantitative estimate of drug-likeness (QED) is 0.886. The van der Waals surface area contributed by atoms with Gasteiger partial charge in [0.25, 0.3) is 0 Å². The van der Waals surface area contributed by atoms with Gasteiger partial charge in [-0.25, -0.2) is 0 Å². The van der Waals surface area contributed by atoms with Crippen molar-refractivity contribution in [2.45, 2.75) is 38.6 Å². The van der Waals surface area contributed by atoms with Gasteiger partial charge < -0.3 is 10.5 Å². The molecule has 1 saturated heterocycles. The molecule has 3 nitrogen and oxygen atoms in total. The number of rotatable bonds is 5. The van der Waals surface area contributed by atoms with Crippen molar-refractivity contribution in [3.05, 3.63) is 29.3 Å². The van der Waals surface area contributed by atoms with Crippen LogP contribution >= 0.6 is 0 Å². The Hall–Kier alpha value is -1.06. The summed E-state index contributed by atoms with van der Waals surface area (Å²) in [6.45, 7) is 5.26. The largest absolute Gasteiger partial charge is 0.496 e. The zero-order chi connectivity index (χ0) is 13.7. The predicted molar refractivity (Wildman–Crippen MR) is 79.6 cm³/mol. The minimum absolute atomic E-state index is 0.468. The average Bonchev–Trinajstić information content (AvgIpc) is 2.45. The lowest BCUT2D eigenvalue weighted by Gasteiger charge is -2.35. The highest BCUT2D eigenvalue weighted by atomic mass is 16.5. The summed E-state index contributed by atoms with van der Waals surface area (Å²) in [5.41, 5.74) is 8.40. The number of hydrogen-bond acceptors (Lipinski definition) is 3. The molecule has 1 aliphatic heterocycles. The Morgan fingerprint density at radius 1 is 1.26 bits per heavy atom. The Morgan fingerprint density at radius 3 is 2.58 bits per heavy atom. The van der Waals surface area contributed by atoms with Gasteiger partial charge in [0.2, 0.25) is 0 Å². The second kappa shape index (κ2) is 6.92. The molecule has 1 aliphatic rings. The van der Waals surface area contributed by atoms with Crippen LogP contribution in [0.1, 0.15) is 42.9 Å². The maximum absolute atomic E-state index is 5.82. The Morgan fingerprint density at radius 2 is 2.00 bits per heavy atom. The van der Waals surface area contributed by atoms with Gasteiger partial charge in [0.05, 0.1) is 7.11 Å². The lowest BCUT2D eigenvalue weighted by Crippen LogP contribution is -2.34. The van der Waals surface area contributed by atoms with Crippen LogP contribution in [0.5, 0.6) is 5.75 Å². The van der Waals surface area contributed by atoms with Crippen molar-refractivity contribution in [2.24, 2.45) is 5.73 Å². The van der Waals surface area contributed by atoms with Crippen molar-refractivity contribution < 1.29 is 4.74 Å². The van der Waals surface area contributed by atoms with Crippen LogP contribution < -0.4 is 10.5 Å². The number of ether oxygens (including phenoxy) is 1. The van der Waals surface area contributed by atoms with E-state index in [-0.39, 0.29) is 0 Å². The summed E-state index contributed by atoms with van der Waals surface area (Å²) in [6.07, 6.45) is 5.03. The van der Waals surface area contributed by atoms with Crippen LogP contribution in [0, 0.1) is 6.92 Å². The van der Waals surface area contributed by atoms with E-state index in [1.165, 1.54) is 43.5 Å². The number of piperidine rings is 1. The highest BCUT2D eigenvalue weighted by Crippen LogP contribution is 2.30. The Labute approximate surface area is 116 Å². The second-order valence-corrected chi connectivity index (χ2v) is 5.42. The van der Waals surface area contributed by atoms with E-state index >= 15 is 0 Å². The van der Waals surface area contributed by atoms with Crippen molar-refractivity contribution >= 4 is 0 Å². The predicted octanol–water partition coefficient (Wildman–Crippen LogP) is 2.88. The second-order valence-electron chi connectivity index (χ2n) is 5.42. The molecule has 0 bridgehead atoms. The number of hydrogen-bond donors (Lipinski definition) is 1. The lowest BCUT2D eigenvalue weighted by molar-refractivity contribution is 0.157. The van der Waals surface area contributed by atoms with E-state index in [1.54, 1.807) is 7.11 Å². The SMILES string of the molecule is COc1ccc(C(CCN)N2CCCCC2)cc1C. The molecule has 3 heteroatoms. The molecule has 0 aromatic heterocycles. The van der Waals surface area contributed by atoms with Crippen molar-refractivity contribution in [1.29, 1.82) is 0 Å². The Balaban J connectivity index is 2.19. The van der Waals surface area contributed by atoms with E-state index in [0.717, 1.165) is 18.7 Å². The fourth-order valence-corrected chi connectivity index (χ4v) is 3.06. The van der Waals surface area contributed by atoms with Crippen molar-refractivity contribution in [3.63, 3.8) is 0 Å². The molecule has 1 aromatic rings. The average molecular weight is 262 g/mol. The summed E-state index contributed by atoms with van der Waals surface area (Å²) in [5.74, 6) is 0.967. The lowest BCUT2D eigenvalue weighted by atomic mass is 9.97. The molecule has 1 aromatic carbocycles. The van der Waals surface area contributed by atoms with Crippen LogP contribution in [0.15, 0.2) is 18.2 Å². The number of nitrogens with zero attached hydrogens (tertiary/aromatic N) is 1. The highest BCUT2D eigenvalue weighted by Gasteiger charge is 2.22. The molecular formula is C16H26N2O. The molecule has 0 amide bonds. The zero-order valence-electron chi connectivity index (χ0n) is 12.2. The van der Waals surface area contributed by atoms with Gasteiger partial charge >= 0.3 is 0 Å². The third kappa shape index (κ3) is 3.48. The number of benzene rings is 1. The maximum atomic E-state index is 5.82. The normalized spacial score (nSPS) is 18.3. The van der Waals surface area contributed by atoms with E-state index in [2.05, 4.69) is 30.0 Å². The van der Waals surface area contributed by atoms with Crippen molar-refractivity contribution in [2.75, 3.05) is 26.7 Å². The summed E-state index contributed by atoms with van der Waals surface area (Å²) in [5, 5.41) is 0. The number of methoxy groups -OCH3 is 1. The van der Waals surface area contributed by atoms with Crippen LogP contribution in [-0.4, -0.2) is 31.6 Å². The third-order valence-electron chi connectivity index (χ3n) is 4.08. The van der Waals surface area contributed by atoms with Crippen molar-refractivity contribution in [1.82, 2.24) is 4.90 Å². The molecule has 1 heterocycles. The smallest absolute Gasteiger partial charge is 0.121 e. The molecule has 1 atom stereocenters. The van der Waals surface area contributed by atoms with Gasteiger partial charge in [0.15, 0.2) is 0 Å². The molecule has 2 N–H and O–H groups in total. The molecule has 0 spiro atoms. The maximum Gasteiger partial charge on any atom is 0.121 e. The van der Waals surface area contributed by atoms with E-state index in [1.807, 2.05) is 0 Å². The number of likely N-dealkylation sites (tertiary alicyclic amines) is 1. The molecule has 19 heavy (non-hydrogen) atoms. The number of aryl methyl sites for hydroxylation is 1. The fourth-order valence-electron chi connectivity index (χ4n) is 3.06. The van der Waals surface area contributed by atoms with Crippen LogP contribution in [0.3, 0.4) is 0 Å². The van der Waals surface area contributed by atoms with E-state index in [9.17, 15) is 0 Å². The summed E-state index contributed by atoms with van der Waals surface area (Å²) in [7, 11) is 1.73. The first-order chi connectivity index (χ1) is 9.26. The van der Waals surface area contributed by atoms with Gasteiger partial charge in [-0.15, -0.1) is 0 Å². The standard InChI is InChI=1S/C16H26N2O/c1-13-12-14(6-7-16(13)19-2)15(8-9-17)18-10-4-3-5-11-18/h6-7,12,15H,3-5,8-11,17H2,1-2H3. The molecule has 1 unspecified atom stereocenters. The minimum atomic E-state index is 0.468. The van der Waals surface area contributed by atoms with Crippen LogP contribution in [0.4, 0.5) is 0 Å². The van der Waals surface area contributed by atoms with Gasteiger partial charge in [0.1, 0.15) is 5.75 Å². The van der Waals surface area contributed by atoms with Crippen LogP contribution in [0.25, 0.3) is 0 Å². The van der Waals surface area contributed by atoms with Gasteiger partial charge in [-0.2, -0.15) is 0 Å². The van der Waals surface area contributed by atoms with Crippen LogP contribution in [-0.2, 0) is 0 Å². The summed E-state index contributed by atoms with van der Waals surface area (Å²) < 4.78 is 5.35. The Bertz CT molecular complexity index is 400. The monoisotopic (exact) mass is 262 g/mol. The highest BCUT2D eigenvalue weighted by molar-refractivity contribution is 5.37. The molecule has 0 saturated carbocycles. The molecular weight excluding hydrogens is 236 g/mol. The fraction of sp³-hybridized carbons (Fsp3) is 0.625. The van der Waals surface area contributed by atoms with Gasteiger partial charge in [-0.1, -0.05) is 18.6 Å². The molecule has 1 fully saturated rings.